The molecule has 0 radical (unpaired) electrons. The fourth-order valence-corrected chi connectivity index (χ4v) is 1.38. The SMILES string of the molecule is CC(C)C1NCC(C)(C)CN1. The highest BCUT2D eigenvalue weighted by Gasteiger charge is 2.26. The topological polar surface area (TPSA) is 24.1 Å². The van der Waals surface area contributed by atoms with Crippen molar-refractivity contribution in [1.29, 1.82) is 0 Å². The van der Waals surface area contributed by atoms with E-state index in [0.29, 0.717) is 17.5 Å². The van der Waals surface area contributed by atoms with Crippen molar-refractivity contribution in [2.75, 3.05) is 13.1 Å². The van der Waals surface area contributed by atoms with Gasteiger partial charge in [0.15, 0.2) is 0 Å². The normalized spacial score (nSPS) is 25.9. The highest BCUT2D eigenvalue weighted by atomic mass is 15.2. The highest BCUT2D eigenvalue weighted by Crippen LogP contribution is 2.17. The third kappa shape index (κ3) is 2.46. The second kappa shape index (κ2) is 3.11. The van der Waals surface area contributed by atoms with E-state index < -0.39 is 0 Å². The zero-order chi connectivity index (χ0) is 8.48. The van der Waals surface area contributed by atoms with Gasteiger partial charge in [-0.1, -0.05) is 27.7 Å². The Bertz CT molecular complexity index is 120. The molecule has 0 aromatic heterocycles. The van der Waals surface area contributed by atoms with Gasteiger partial charge in [-0.3, -0.25) is 0 Å². The van der Waals surface area contributed by atoms with Crippen LogP contribution in [0.25, 0.3) is 0 Å². The maximum Gasteiger partial charge on any atom is 0.0595 e. The molecule has 0 bridgehead atoms. The van der Waals surface area contributed by atoms with Crippen LogP contribution in [0.15, 0.2) is 0 Å². The molecule has 1 fully saturated rings. The van der Waals surface area contributed by atoms with Crippen molar-refractivity contribution in [1.82, 2.24) is 10.6 Å². The van der Waals surface area contributed by atoms with Crippen LogP contribution in [0.3, 0.4) is 0 Å². The third-order valence-electron chi connectivity index (χ3n) is 2.27. The predicted octanol–water partition coefficient (Wildman–Crippen LogP) is 1.19. The van der Waals surface area contributed by atoms with Gasteiger partial charge in [-0.15, -0.1) is 0 Å². The molecule has 2 N–H and O–H groups in total. The highest BCUT2D eigenvalue weighted by molar-refractivity contribution is 4.84. The molecule has 0 amide bonds. The molecule has 1 rings (SSSR count). The molecule has 0 saturated carbocycles. The minimum atomic E-state index is 0.422. The zero-order valence-corrected chi connectivity index (χ0v) is 8.07. The van der Waals surface area contributed by atoms with Crippen LogP contribution in [-0.2, 0) is 0 Å². The maximum absolute atomic E-state index is 3.50. The van der Waals surface area contributed by atoms with Gasteiger partial charge < -0.3 is 10.6 Å². The lowest BCUT2D eigenvalue weighted by atomic mass is 9.90. The van der Waals surface area contributed by atoms with Crippen LogP contribution in [0.1, 0.15) is 27.7 Å². The van der Waals surface area contributed by atoms with Crippen molar-refractivity contribution in [3.63, 3.8) is 0 Å². The van der Waals surface area contributed by atoms with E-state index in [9.17, 15) is 0 Å². The molecule has 1 aliphatic heterocycles. The first-order chi connectivity index (χ1) is 5.01. The van der Waals surface area contributed by atoms with E-state index in [4.69, 9.17) is 0 Å². The summed E-state index contributed by atoms with van der Waals surface area (Å²) in [5, 5.41) is 7.00. The summed E-state index contributed by atoms with van der Waals surface area (Å²) < 4.78 is 0. The molecule has 66 valence electrons. The Kier molecular flexibility index (Phi) is 2.55. The lowest BCUT2D eigenvalue weighted by molar-refractivity contribution is 0.187. The van der Waals surface area contributed by atoms with Crippen molar-refractivity contribution in [2.45, 2.75) is 33.9 Å². The van der Waals surface area contributed by atoms with Gasteiger partial charge in [-0.2, -0.15) is 0 Å². The first-order valence-electron chi connectivity index (χ1n) is 4.48. The molecule has 11 heavy (non-hydrogen) atoms. The monoisotopic (exact) mass is 156 g/mol. The van der Waals surface area contributed by atoms with Crippen LogP contribution >= 0.6 is 0 Å². The Morgan fingerprint density at radius 2 is 1.64 bits per heavy atom. The molecule has 2 heteroatoms. The molecule has 1 aliphatic rings. The Morgan fingerprint density at radius 3 is 2.00 bits per heavy atom. The fraction of sp³-hybridized carbons (Fsp3) is 1.00. The van der Waals surface area contributed by atoms with E-state index in [1.807, 2.05) is 0 Å². The van der Waals surface area contributed by atoms with Crippen LogP contribution in [-0.4, -0.2) is 19.3 Å². The van der Waals surface area contributed by atoms with Gasteiger partial charge in [-0.05, 0) is 11.3 Å². The van der Waals surface area contributed by atoms with E-state index in [2.05, 4.69) is 38.3 Å². The third-order valence-corrected chi connectivity index (χ3v) is 2.27. The number of hydrogen-bond donors (Lipinski definition) is 2. The van der Waals surface area contributed by atoms with Gasteiger partial charge in [0.2, 0.25) is 0 Å². The molecule has 0 unspecified atom stereocenters. The standard InChI is InChI=1S/C9H20N2/c1-7(2)8-10-5-9(3,4)6-11-8/h7-8,10-11H,5-6H2,1-4H3. The van der Waals surface area contributed by atoms with Gasteiger partial charge in [0.25, 0.3) is 0 Å². The van der Waals surface area contributed by atoms with Gasteiger partial charge in [-0.25, -0.2) is 0 Å². The maximum atomic E-state index is 3.50. The molecule has 1 heterocycles. The summed E-state index contributed by atoms with van der Waals surface area (Å²) in [5.74, 6) is 0.686. The number of nitrogens with one attached hydrogen (secondary N) is 2. The summed E-state index contributed by atoms with van der Waals surface area (Å²) in [7, 11) is 0. The van der Waals surface area contributed by atoms with Gasteiger partial charge in [0.05, 0.1) is 6.17 Å². The average molecular weight is 156 g/mol. The van der Waals surface area contributed by atoms with Gasteiger partial charge in [0.1, 0.15) is 0 Å². The first kappa shape index (κ1) is 9.01. The summed E-state index contributed by atoms with van der Waals surface area (Å²) >= 11 is 0. The van der Waals surface area contributed by atoms with Crippen LogP contribution < -0.4 is 10.6 Å². The van der Waals surface area contributed by atoms with Crippen molar-refractivity contribution < 1.29 is 0 Å². The lowest BCUT2D eigenvalue weighted by Gasteiger charge is -2.38. The van der Waals surface area contributed by atoms with E-state index >= 15 is 0 Å². The molecular weight excluding hydrogens is 136 g/mol. The molecule has 0 atom stereocenters. The summed E-state index contributed by atoms with van der Waals surface area (Å²) in [6.07, 6.45) is 0.517. The molecular formula is C9H20N2. The average Bonchev–Trinajstić information content (AvgIpc) is 1.86. The van der Waals surface area contributed by atoms with E-state index in [1.165, 1.54) is 0 Å². The number of hydrogen-bond acceptors (Lipinski definition) is 2. The smallest absolute Gasteiger partial charge is 0.0595 e. The van der Waals surface area contributed by atoms with Crippen molar-refractivity contribution >= 4 is 0 Å². The molecule has 0 aromatic carbocycles. The quantitative estimate of drug-likeness (QED) is 0.596. The Hall–Kier alpha value is -0.0800. The molecule has 0 aliphatic carbocycles. The number of rotatable bonds is 1. The molecule has 0 aromatic rings. The van der Waals surface area contributed by atoms with E-state index in [0.717, 1.165) is 13.1 Å². The molecule has 0 spiro atoms. The fourth-order valence-electron chi connectivity index (χ4n) is 1.38. The zero-order valence-electron chi connectivity index (χ0n) is 8.07. The minimum Gasteiger partial charge on any atom is -0.301 e. The molecule has 1 saturated heterocycles. The van der Waals surface area contributed by atoms with Gasteiger partial charge in [0, 0.05) is 13.1 Å². The van der Waals surface area contributed by atoms with Crippen molar-refractivity contribution in [3.05, 3.63) is 0 Å². The van der Waals surface area contributed by atoms with Crippen LogP contribution in [0.2, 0.25) is 0 Å². The summed E-state index contributed by atoms with van der Waals surface area (Å²) in [6, 6.07) is 0. The van der Waals surface area contributed by atoms with Gasteiger partial charge >= 0.3 is 0 Å². The van der Waals surface area contributed by atoms with Crippen molar-refractivity contribution in [3.8, 4) is 0 Å². The van der Waals surface area contributed by atoms with Crippen molar-refractivity contribution in [2.24, 2.45) is 11.3 Å². The largest absolute Gasteiger partial charge is 0.301 e. The Balaban J connectivity index is 2.36. The Morgan fingerprint density at radius 1 is 1.18 bits per heavy atom. The summed E-state index contributed by atoms with van der Waals surface area (Å²) in [6.45, 7) is 11.3. The Labute approximate surface area is 69.8 Å². The summed E-state index contributed by atoms with van der Waals surface area (Å²) in [5.41, 5.74) is 0.422. The van der Waals surface area contributed by atoms with Crippen LogP contribution in [0.5, 0.6) is 0 Å². The molecule has 2 nitrogen and oxygen atoms in total. The summed E-state index contributed by atoms with van der Waals surface area (Å²) in [4.78, 5) is 0. The first-order valence-corrected chi connectivity index (χ1v) is 4.48. The van der Waals surface area contributed by atoms with E-state index in [-0.39, 0.29) is 0 Å². The lowest BCUT2D eigenvalue weighted by Crippen LogP contribution is -2.58. The van der Waals surface area contributed by atoms with Crippen LogP contribution in [0.4, 0.5) is 0 Å². The minimum absolute atomic E-state index is 0.422. The predicted molar refractivity (Wildman–Crippen MR) is 48.4 cm³/mol. The second-order valence-electron chi connectivity index (χ2n) is 4.65. The van der Waals surface area contributed by atoms with Crippen LogP contribution in [0, 0.1) is 11.3 Å². The van der Waals surface area contributed by atoms with E-state index in [1.54, 1.807) is 0 Å². The second-order valence-corrected chi connectivity index (χ2v) is 4.65.